The van der Waals surface area contributed by atoms with Crippen LogP contribution < -0.4 is 15.0 Å². The quantitative estimate of drug-likeness (QED) is 0.346. The van der Waals surface area contributed by atoms with E-state index in [9.17, 15) is 18.0 Å². The number of aromatic amines is 1. The molecule has 190 valence electrons. The van der Waals surface area contributed by atoms with Gasteiger partial charge >= 0.3 is 5.97 Å². The highest BCUT2D eigenvalue weighted by Crippen LogP contribution is 2.38. The number of hydrogen-bond acceptors (Lipinski definition) is 6. The molecule has 0 aliphatic rings. The van der Waals surface area contributed by atoms with Gasteiger partial charge in [-0.3, -0.25) is 9.52 Å². The molecule has 0 unspecified atom stereocenters. The largest absolute Gasteiger partial charge is 0.496 e. The van der Waals surface area contributed by atoms with Crippen molar-refractivity contribution in [2.24, 2.45) is 0 Å². The van der Waals surface area contributed by atoms with E-state index in [0.717, 1.165) is 26.5 Å². The average Bonchev–Trinajstić information content (AvgIpc) is 2.88. The van der Waals surface area contributed by atoms with Gasteiger partial charge in [-0.05, 0) is 52.9 Å². The van der Waals surface area contributed by atoms with E-state index in [-0.39, 0.29) is 33.5 Å². The molecule has 3 rings (SSSR count). The maximum absolute atomic E-state index is 12.8. The Morgan fingerprint density at radius 3 is 2.42 bits per heavy atom. The van der Waals surface area contributed by atoms with Crippen molar-refractivity contribution in [2.45, 2.75) is 26.0 Å². The summed E-state index contributed by atoms with van der Waals surface area (Å²) in [6, 6.07) is 9.18. The summed E-state index contributed by atoms with van der Waals surface area (Å²) in [5, 5.41) is 0. The molecule has 0 bridgehead atoms. The molecular formula is C27H30N2O6S. The summed E-state index contributed by atoms with van der Waals surface area (Å²) >= 11 is 0. The van der Waals surface area contributed by atoms with Gasteiger partial charge in [0, 0.05) is 40.9 Å². The van der Waals surface area contributed by atoms with Crippen LogP contribution >= 0.6 is 0 Å². The molecule has 3 aromatic rings. The van der Waals surface area contributed by atoms with Crippen LogP contribution in [0.1, 0.15) is 59.9 Å². The Hall–Kier alpha value is -3.85. The molecule has 0 atom stereocenters. The van der Waals surface area contributed by atoms with Crippen molar-refractivity contribution in [1.29, 1.82) is 0 Å². The molecule has 0 aliphatic carbocycles. The van der Waals surface area contributed by atoms with Gasteiger partial charge in [-0.2, -0.15) is 0 Å². The monoisotopic (exact) mass is 519 g/mol. The molecule has 0 aliphatic heterocycles. The summed E-state index contributed by atoms with van der Waals surface area (Å²) < 4.78 is 110. The van der Waals surface area contributed by atoms with Crippen molar-refractivity contribution in [3.63, 3.8) is 0 Å². The van der Waals surface area contributed by atoms with Gasteiger partial charge in [-0.15, -0.1) is 0 Å². The first-order valence-corrected chi connectivity index (χ1v) is 12.3. The number of carbonyl (C=O) groups excluding carboxylic acids is 1. The number of carbonyl (C=O) groups is 1. The van der Waals surface area contributed by atoms with E-state index in [4.69, 9.17) is 21.8 Å². The number of sulfonamides is 1. The second-order valence-electron chi connectivity index (χ2n) is 7.81. The number of rotatable bonds is 7. The van der Waals surface area contributed by atoms with E-state index in [2.05, 4.69) is 9.71 Å². The van der Waals surface area contributed by atoms with Crippen molar-refractivity contribution >= 4 is 33.8 Å². The van der Waals surface area contributed by atoms with Gasteiger partial charge in [0.1, 0.15) is 5.75 Å². The number of nitrogens with one attached hydrogen (secondary N) is 2. The molecular weight excluding hydrogens is 480 g/mol. The highest BCUT2D eigenvalue weighted by atomic mass is 32.2. The maximum atomic E-state index is 12.8. The first-order valence-electron chi connectivity index (χ1n) is 14.9. The van der Waals surface area contributed by atoms with E-state index >= 15 is 0 Å². The van der Waals surface area contributed by atoms with Crippen LogP contribution in [-0.4, -0.2) is 39.8 Å². The van der Waals surface area contributed by atoms with E-state index in [0.29, 0.717) is 0 Å². The predicted octanol–water partition coefficient (Wildman–Crippen LogP) is 4.68. The lowest BCUT2D eigenvalue weighted by atomic mass is 9.83. The molecule has 0 saturated heterocycles. The molecule has 0 saturated carbocycles. The maximum Gasteiger partial charge on any atom is 0.338 e. The minimum Gasteiger partial charge on any atom is -0.496 e. The van der Waals surface area contributed by atoms with Crippen molar-refractivity contribution in [3.8, 4) is 16.9 Å². The Morgan fingerprint density at radius 2 is 1.81 bits per heavy atom. The van der Waals surface area contributed by atoms with Crippen LogP contribution in [0.4, 0.5) is 5.69 Å². The fourth-order valence-electron chi connectivity index (χ4n) is 3.53. The van der Waals surface area contributed by atoms with E-state index in [1.807, 2.05) is 0 Å². The van der Waals surface area contributed by atoms with Gasteiger partial charge < -0.3 is 14.5 Å². The number of benzene rings is 2. The Kier molecular flexibility index (Phi) is 4.85. The number of ether oxygens (including phenoxy) is 2. The van der Waals surface area contributed by atoms with E-state index < -0.39 is 58.8 Å². The number of anilines is 1. The van der Waals surface area contributed by atoms with Crippen molar-refractivity contribution in [3.05, 3.63) is 81.3 Å². The van der Waals surface area contributed by atoms with Crippen molar-refractivity contribution in [1.82, 2.24) is 4.98 Å². The van der Waals surface area contributed by atoms with Gasteiger partial charge in [0.2, 0.25) is 10.0 Å². The van der Waals surface area contributed by atoms with Gasteiger partial charge in [0.15, 0.2) is 0 Å². The zero-order valence-electron chi connectivity index (χ0n) is 28.6. The molecule has 1 heterocycles. The van der Waals surface area contributed by atoms with Crippen LogP contribution in [0, 0.1) is 0 Å². The second-order valence-corrected chi connectivity index (χ2v) is 9.56. The lowest BCUT2D eigenvalue weighted by Crippen LogP contribution is -2.15. The topological polar surface area (TPSA) is 115 Å². The van der Waals surface area contributed by atoms with Gasteiger partial charge in [-0.1, -0.05) is 38.8 Å². The zero-order chi connectivity index (χ0) is 34.2. The van der Waals surface area contributed by atoms with Crippen LogP contribution in [0.15, 0.2) is 53.5 Å². The third kappa shape index (κ3) is 6.23. The lowest BCUT2D eigenvalue weighted by molar-refractivity contribution is 0.0600. The minimum atomic E-state index is -3.70. The molecule has 8 nitrogen and oxygen atoms in total. The normalized spacial score (nSPS) is 16.7. The molecule has 0 amide bonds. The molecule has 0 spiro atoms. The van der Waals surface area contributed by atoms with E-state index in [1.54, 1.807) is 0 Å². The molecule has 36 heavy (non-hydrogen) atoms. The number of methoxy groups -OCH3 is 2. The molecule has 1 aromatic heterocycles. The molecule has 2 N–H and O–H groups in total. The zero-order valence-corrected chi connectivity index (χ0v) is 20.4. The average molecular weight is 520 g/mol. The fraction of sp³-hybridized carbons (Fsp3) is 0.259. The second kappa shape index (κ2) is 10.4. The third-order valence-electron chi connectivity index (χ3n) is 5.06. The van der Waals surface area contributed by atoms with Gasteiger partial charge in [-0.25, -0.2) is 13.2 Å². The number of aromatic nitrogens is 1. The van der Waals surface area contributed by atoms with E-state index in [1.165, 1.54) is 54.7 Å². The number of H-pyrrole nitrogens is 1. The summed E-state index contributed by atoms with van der Waals surface area (Å²) in [4.78, 5) is 27.8. The number of esters is 1. The van der Waals surface area contributed by atoms with Crippen LogP contribution in [-0.2, 0) is 20.2 Å². The minimum absolute atomic E-state index is 0.0182. The van der Waals surface area contributed by atoms with Crippen LogP contribution in [0.3, 0.4) is 0 Å². The summed E-state index contributed by atoms with van der Waals surface area (Å²) in [6.45, 7) is -10.9. The Balaban J connectivity index is 2.48. The molecule has 0 radical (unpaired) electrons. The first kappa shape index (κ1) is 16.8. The van der Waals surface area contributed by atoms with Crippen molar-refractivity contribution in [2.75, 3.05) is 25.2 Å². The Labute approximate surface area is 223 Å². The SMILES string of the molecule is [2H]C([2H])([2H])C(c1cc(-c2ccc[nH]c2=O)cc(/C=C/c2ccc(NS(C)(=O)=O)cc2C(=O)OC)c1OC)(C([2H])([2H])[2H])C([2H])([2H])[2H]. The van der Waals surface area contributed by atoms with Crippen LogP contribution in [0.5, 0.6) is 5.75 Å². The summed E-state index contributed by atoms with van der Waals surface area (Å²) in [5.41, 5.74) is -4.76. The van der Waals surface area contributed by atoms with Crippen molar-refractivity contribution < 1.29 is 35.0 Å². The lowest BCUT2D eigenvalue weighted by Gasteiger charge is -2.24. The smallest absolute Gasteiger partial charge is 0.338 e. The van der Waals surface area contributed by atoms with Crippen LogP contribution in [0.25, 0.3) is 23.3 Å². The first-order chi connectivity index (χ1) is 20.6. The predicted molar refractivity (Wildman–Crippen MR) is 143 cm³/mol. The Morgan fingerprint density at radius 1 is 1.08 bits per heavy atom. The summed E-state index contributed by atoms with van der Waals surface area (Å²) in [5.74, 6) is -1.25. The third-order valence-corrected chi connectivity index (χ3v) is 5.67. The van der Waals surface area contributed by atoms with Crippen LogP contribution in [0.2, 0.25) is 0 Å². The molecule has 9 heteroatoms. The van der Waals surface area contributed by atoms with Gasteiger partial charge in [0.05, 0.1) is 26.0 Å². The highest BCUT2D eigenvalue weighted by molar-refractivity contribution is 7.92. The fourth-order valence-corrected chi connectivity index (χ4v) is 4.09. The number of hydrogen-bond donors (Lipinski definition) is 2. The standard InChI is InChI=1S/C27H30N2O6S/c1-27(2,3)23-15-19(21-8-7-13-28-25(21)30)14-18(24(23)34-4)10-9-17-11-12-20(29-36(6,32)33)16-22(17)26(31)35-5/h7-16,29H,1-6H3,(H,28,30)/b10-9+/i1D3,2D3,3D3. The molecule has 0 fully saturated rings. The summed E-state index contributed by atoms with van der Waals surface area (Å²) in [6.07, 6.45) is 4.91. The Bertz CT molecular complexity index is 1760. The molecule has 2 aromatic carbocycles. The summed E-state index contributed by atoms with van der Waals surface area (Å²) in [7, 11) is -1.49. The van der Waals surface area contributed by atoms with Gasteiger partial charge in [0.25, 0.3) is 5.56 Å². The highest BCUT2D eigenvalue weighted by Gasteiger charge is 2.23. The number of pyridine rings is 1.